The first-order valence-electron chi connectivity index (χ1n) is 5.85. The van der Waals surface area contributed by atoms with E-state index in [1.165, 1.54) is 6.07 Å². The van der Waals surface area contributed by atoms with Crippen LogP contribution in [-0.2, 0) is 6.54 Å². The number of nitrogens with zero attached hydrogens (tertiary/aromatic N) is 1. The third-order valence-electron chi connectivity index (χ3n) is 2.80. The van der Waals surface area contributed by atoms with Gasteiger partial charge < -0.3 is 5.32 Å². The maximum atomic E-state index is 13.6. The van der Waals surface area contributed by atoms with Crippen molar-refractivity contribution in [2.45, 2.75) is 19.5 Å². The number of aromatic nitrogens is 1. The van der Waals surface area contributed by atoms with E-state index < -0.39 is 11.6 Å². The summed E-state index contributed by atoms with van der Waals surface area (Å²) in [5.74, 6) is -0.850. The van der Waals surface area contributed by atoms with Crippen molar-refractivity contribution in [2.75, 3.05) is 0 Å². The Kier molecular flexibility index (Phi) is 4.61. The number of halogens is 3. The van der Waals surface area contributed by atoms with Gasteiger partial charge in [0.25, 0.3) is 0 Å². The zero-order valence-corrected chi connectivity index (χ0v) is 11.9. The van der Waals surface area contributed by atoms with Crippen LogP contribution in [0.15, 0.2) is 41.0 Å². The normalized spacial score (nSPS) is 12.4. The lowest BCUT2D eigenvalue weighted by atomic mass is 10.1. The van der Waals surface area contributed by atoms with Crippen LogP contribution in [-0.4, -0.2) is 4.98 Å². The van der Waals surface area contributed by atoms with E-state index in [4.69, 9.17) is 0 Å². The molecule has 19 heavy (non-hydrogen) atoms. The van der Waals surface area contributed by atoms with Crippen LogP contribution in [0.3, 0.4) is 0 Å². The summed E-state index contributed by atoms with van der Waals surface area (Å²) in [6, 6.07) is 6.93. The molecule has 0 spiro atoms. The summed E-state index contributed by atoms with van der Waals surface area (Å²) in [5, 5.41) is 3.12. The molecule has 0 fully saturated rings. The topological polar surface area (TPSA) is 24.9 Å². The highest BCUT2D eigenvalue weighted by Crippen LogP contribution is 2.18. The number of pyridine rings is 1. The van der Waals surface area contributed by atoms with Gasteiger partial charge in [0.1, 0.15) is 11.6 Å². The molecule has 0 radical (unpaired) electrons. The van der Waals surface area contributed by atoms with Gasteiger partial charge in [0.2, 0.25) is 0 Å². The van der Waals surface area contributed by atoms with Crippen LogP contribution in [0.2, 0.25) is 0 Å². The third-order valence-corrected chi connectivity index (χ3v) is 3.27. The molecular formula is C14H13BrF2N2. The highest BCUT2D eigenvalue weighted by Gasteiger charge is 2.11. The summed E-state index contributed by atoms with van der Waals surface area (Å²) < 4.78 is 27.6. The van der Waals surface area contributed by atoms with E-state index in [0.717, 1.165) is 22.3 Å². The molecule has 100 valence electrons. The molecule has 1 aromatic carbocycles. The lowest BCUT2D eigenvalue weighted by Gasteiger charge is -2.15. The molecule has 2 rings (SSSR count). The second-order valence-electron chi connectivity index (χ2n) is 4.24. The van der Waals surface area contributed by atoms with E-state index in [2.05, 4.69) is 26.2 Å². The van der Waals surface area contributed by atoms with E-state index in [1.807, 2.05) is 12.1 Å². The Labute approximate surface area is 119 Å². The minimum atomic E-state index is -0.438. The van der Waals surface area contributed by atoms with Crippen molar-refractivity contribution in [1.29, 1.82) is 0 Å². The first-order chi connectivity index (χ1) is 9.06. The Hall–Kier alpha value is -1.33. The maximum Gasteiger partial charge on any atom is 0.128 e. The minimum absolute atomic E-state index is 0.291. The first kappa shape index (κ1) is 14.1. The predicted molar refractivity (Wildman–Crippen MR) is 73.5 cm³/mol. The molecule has 2 aromatic rings. The van der Waals surface area contributed by atoms with Crippen LogP contribution < -0.4 is 5.32 Å². The third kappa shape index (κ3) is 3.81. The maximum absolute atomic E-state index is 13.6. The van der Waals surface area contributed by atoms with Gasteiger partial charge >= 0.3 is 0 Å². The van der Waals surface area contributed by atoms with Gasteiger partial charge in [-0.1, -0.05) is 0 Å². The van der Waals surface area contributed by atoms with Gasteiger partial charge in [-0.05, 0) is 53.2 Å². The monoisotopic (exact) mass is 326 g/mol. The van der Waals surface area contributed by atoms with Gasteiger partial charge in [0.05, 0.1) is 5.69 Å². The number of hydrogen-bond acceptors (Lipinski definition) is 2. The van der Waals surface area contributed by atoms with Crippen molar-refractivity contribution in [3.63, 3.8) is 0 Å². The SMILES string of the molecule is CC(NCc1ccc(Br)cn1)c1cc(F)ccc1F. The average molecular weight is 327 g/mol. The Balaban J connectivity index is 2.03. The largest absolute Gasteiger partial charge is 0.304 e. The molecule has 0 saturated heterocycles. The summed E-state index contributed by atoms with van der Waals surface area (Å²) in [4.78, 5) is 4.21. The Morgan fingerprint density at radius 2 is 2.05 bits per heavy atom. The summed E-state index contributed by atoms with van der Waals surface area (Å²) in [6.45, 7) is 2.28. The molecule has 0 aliphatic rings. The van der Waals surface area contributed by atoms with Crippen LogP contribution in [0.4, 0.5) is 8.78 Å². The van der Waals surface area contributed by atoms with Crippen molar-refractivity contribution < 1.29 is 8.78 Å². The summed E-state index contributed by atoms with van der Waals surface area (Å²) in [6.07, 6.45) is 1.70. The zero-order valence-electron chi connectivity index (χ0n) is 10.3. The quantitative estimate of drug-likeness (QED) is 0.919. The highest BCUT2D eigenvalue weighted by molar-refractivity contribution is 9.10. The van der Waals surface area contributed by atoms with Crippen LogP contribution in [0, 0.1) is 11.6 Å². The molecular weight excluding hydrogens is 314 g/mol. The van der Waals surface area contributed by atoms with E-state index in [9.17, 15) is 8.78 Å². The standard InChI is InChI=1S/C14H13BrF2N2/c1-9(13-6-11(16)3-5-14(13)17)18-8-12-4-2-10(15)7-19-12/h2-7,9,18H,8H2,1H3. The van der Waals surface area contributed by atoms with Gasteiger partial charge in [-0.25, -0.2) is 8.78 Å². The summed E-state index contributed by atoms with van der Waals surface area (Å²) >= 11 is 3.31. The number of rotatable bonds is 4. The second kappa shape index (κ2) is 6.21. The van der Waals surface area contributed by atoms with Gasteiger partial charge in [-0.15, -0.1) is 0 Å². The molecule has 1 atom stereocenters. The lowest BCUT2D eigenvalue weighted by molar-refractivity contribution is 0.515. The molecule has 0 bridgehead atoms. The molecule has 1 unspecified atom stereocenters. The first-order valence-corrected chi connectivity index (χ1v) is 6.64. The fourth-order valence-electron chi connectivity index (χ4n) is 1.73. The number of benzene rings is 1. The zero-order chi connectivity index (χ0) is 13.8. The van der Waals surface area contributed by atoms with Crippen LogP contribution in [0.1, 0.15) is 24.2 Å². The molecule has 2 nitrogen and oxygen atoms in total. The Morgan fingerprint density at radius 1 is 1.26 bits per heavy atom. The van der Waals surface area contributed by atoms with Gasteiger partial charge in [0.15, 0.2) is 0 Å². The van der Waals surface area contributed by atoms with Crippen LogP contribution in [0.25, 0.3) is 0 Å². The van der Waals surface area contributed by atoms with Crippen molar-refractivity contribution in [3.8, 4) is 0 Å². The summed E-state index contributed by atoms with van der Waals surface area (Å²) in [7, 11) is 0. The van der Waals surface area contributed by atoms with Crippen molar-refractivity contribution >= 4 is 15.9 Å². The molecule has 1 aromatic heterocycles. The molecule has 0 saturated carbocycles. The van der Waals surface area contributed by atoms with Crippen molar-refractivity contribution in [2.24, 2.45) is 0 Å². The van der Waals surface area contributed by atoms with Crippen LogP contribution in [0.5, 0.6) is 0 Å². The number of nitrogens with one attached hydrogen (secondary N) is 1. The Morgan fingerprint density at radius 3 is 2.74 bits per heavy atom. The Bertz CT molecular complexity index is 558. The molecule has 1 N–H and O–H groups in total. The second-order valence-corrected chi connectivity index (χ2v) is 5.15. The smallest absolute Gasteiger partial charge is 0.128 e. The molecule has 5 heteroatoms. The fraction of sp³-hybridized carbons (Fsp3) is 0.214. The molecule has 1 heterocycles. The van der Waals surface area contributed by atoms with Crippen molar-refractivity contribution in [1.82, 2.24) is 10.3 Å². The summed E-state index contributed by atoms with van der Waals surface area (Å²) in [5.41, 5.74) is 1.16. The number of hydrogen-bond donors (Lipinski definition) is 1. The fourth-order valence-corrected chi connectivity index (χ4v) is 1.96. The van der Waals surface area contributed by atoms with E-state index in [1.54, 1.807) is 13.1 Å². The van der Waals surface area contributed by atoms with Crippen molar-refractivity contribution in [3.05, 3.63) is 63.9 Å². The van der Waals surface area contributed by atoms with Gasteiger partial charge in [0, 0.05) is 28.8 Å². The lowest BCUT2D eigenvalue weighted by Crippen LogP contribution is -2.19. The predicted octanol–water partition coefficient (Wildman–Crippen LogP) is 3.97. The molecule has 0 amide bonds. The molecule has 0 aliphatic carbocycles. The minimum Gasteiger partial charge on any atom is -0.304 e. The van der Waals surface area contributed by atoms with Gasteiger partial charge in [-0.2, -0.15) is 0 Å². The van der Waals surface area contributed by atoms with E-state index >= 15 is 0 Å². The van der Waals surface area contributed by atoms with Gasteiger partial charge in [-0.3, -0.25) is 4.98 Å². The molecule has 0 aliphatic heterocycles. The van der Waals surface area contributed by atoms with E-state index in [-0.39, 0.29) is 6.04 Å². The van der Waals surface area contributed by atoms with E-state index in [0.29, 0.717) is 12.1 Å². The highest BCUT2D eigenvalue weighted by atomic mass is 79.9. The van der Waals surface area contributed by atoms with Crippen LogP contribution >= 0.6 is 15.9 Å². The average Bonchev–Trinajstić information content (AvgIpc) is 2.40.